The minimum Gasteiger partial charge on any atom is -0.324 e. The van der Waals surface area contributed by atoms with E-state index >= 15 is 0 Å². The highest BCUT2D eigenvalue weighted by molar-refractivity contribution is 9.10. The molecule has 3 N–H and O–H groups in total. The Labute approximate surface area is 119 Å². The van der Waals surface area contributed by atoms with Crippen molar-refractivity contribution in [2.75, 3.05) is 5.32 Å². The average molecular weight is 330 g/mol. The van der Waals surface area contributed by atoms with Gasteiger partial charge in [0.2, 0.25) is 5.91 Å². The monoisotopic (exact) mass is 329 g/mol. The largest absolute Gasteiger partial charge is 0.324 e. The molecule has 0 fully saturated rings. The molecule has 0 aromatic heterocycles. The lowest BCUT2D eigenvalue weighted by Crippen LogP contribution is -2.35. The molecule has 0 bridgehead atoms. The SMILES string of the molecule is CCCCC(N)C(=O)Nc1ccc([N+](=O)[O-])cc1Br. The molecule has 1 aromatic rings. The van der Waals surface area contributed by atoms with E-state index in [1.165, 1.54) is 18.2 Å². The van der Waals surface area contributed by atoms with Crippen molar-refractivity contribution in [2.24, 2.45) is 5.73 Å². The van der Waals surface area contributed by atoms with E-state index in [-0.39, 0.29) is 11.6 Å². The van der Waals surface area contributed by atoms with Gasteiger partial charge < -0.3 is 11.1 Å². The third kappa shape index (κ3) is 4.60. The van der Waals surface area contributed by atoms with Crippen LogP contribution in [-0.4, -0.2) is 16.9 Å². The molecule has 19 heavy (non-hydrogen) atoms. The first-order valence-corrected chi connectivity index (χ1v) is 6.75. The number of halogens is 1. The van der Waals surface area contributed by atoms with Gasteiger partial charge in [0.15, 0.2) is 0 Å². The fourth-order valence-electron chi connectivity index (χ4n) is 1.50. The van der Waals surface area contributed by atoms with Crippen LogP contribution in [0.2, 0.25) is 0 Å². The lowest BCUT2D eigenvalue weighted by Gasteiger charge is -2.12. The number of carbonyl (C=O) groups excluding carboxylic acids is 1. The summed E-state index contributed by atoms with van der Waals surface area (Å²) >= 11 is 3.19. The van der Waals surface area contributed by atoms with Crippen molar-refractivity contribution in [3.8, 4) is 0 Å². The zero-order valence-corrected chi connectivity index (χ0v) is 12.1. The molecule has 6 nitrogen and oxygen atoms in total. The molecule has 0 radical (unpaired) electrons. The van der Waals surface area contributed by atoms with Crippen molar-refractivity contribution in [1.82, 2.24) is 0 Å². The Balaban J connectivity index is 2.72. The van der Waals surface area contributed by atoms with Gasteiger partial charge in [-0.2, -0.15) is 0 Å². The molecule has 1 unspecified atom stereocenters. The topological polar surface area (TPSA) is 98.3 Å². The molecule has 0 saturated heterocycles. The fraction of sp³-hybridized carbons (Fsp3) is 0.417. The standard InChI is InChI=1S/C12H16BrN3O3/c1-2-3-4-10(14)12(17)15-11-6-5-8(16(18)19)7-9(11)13/h5-7,10H,2-4,14H2,1H3,(H,15,17). The number of rotatable bonds is 6. The normalized spacial score (nSPS) is 11.9. The van der Waals surface area contributed by atoms with Crippen LogP contribution in [0.5, 0.6) is 0 Å². The molecule has 104 valence electrons. The maximum atomic E-state index is 11.8. The maximum Gasteiger partial charge on any atom is 0.270 e. The Morgan fingerprint density at radius 2 is 2.26 bits per heavy atom. The van der Waals surface area contributed by atoms with Gasteiger partial charge in [0.05, 0.1) is 16.7 Å². The lowest BCUT2D eigenvalue weighted by atomic mass is 10.1. The number of anilines is 1. The van der Waals surface area contributed by atoms with Crippen molar-refractivity contribution in [3.05, 3.63) is 32.8 Å². The summed E-state index contributed by atoms with van der Waals surface area (Å²) in [5, 5.41) is 13.2. The number of non-ortho nitro benzene ring substituents is 1. The summed E-state index contributed by atoms with van der Waals surface area (Å²) in [4.78, 5) is 21.9. The predicted molar refractivity (Wildman–Crippen MR) is 76.9 cm³/mol. The van der Waals surface area contributed by atoms with E-state index in [0.717, 1.165) is 12.8 Å². The van der Waals surface area contributed by atoms with Crippen LogP contribution >= 0.6 is 15.9 Å². The van der Waals surface area contributed by atoms with Crippen LogP contribution in [0, 0.1) is 10.1 Å². The van der Waals surface area contributed by atoms with E-state index in [9.17, 15) is 14.9 Å². The third-order valence-electron chi connectivity index (χ3n) is 2.63. The highest BCUT2D eigenvalue weighted by atomic mass is 79.9. The van der Waals surface area contributed by atoms with Crippen molar-refractivity contribution >= 4 is 33.2 Å². The number of carbonyl (C=O) groups is 1. The summed E-state index contributed by atoms with van der Waals surface area (Å²) in [6.45, 7) is 2.03. The minimum absolute atomic E-state index is 0.0415. The Bertz CT molecular complexity index is 479. The van der Waals surface area contributed by atoms with Crippen LogP contribution in [0.3, 0.4) is 0 Å². The van der Waals surface area contributed by atoms with Crippen LogP contribution in [0.4, 0.5) is 11.4 Å². The Kier molecular flexibility index (Phi) is 5.91. The van der Waals surface area contributed by atoms with Gasteiger partial charge in [0, 0.05) is 16.6 Å². The first-order valence-electron chi connectivity index (χ1n) is 5.96. The first-order chi connectivity index (χ1) is 8.95. The number of unbranched alkanes of at least 4 members (excludes halogenated alkanes) is 1. The number of hydrogen-bond acceptors (Lipinski definition) is 4. The number of amides is 1. The predicted octanol–water partition coefficient (Wildman–Crippen LogP) is 2.81. The molecular formula is C12H16BrN3O3. The van der Waals surface area contributed by atoms with Crippen molar-refractivity contribution in [3.63, 3.8) is 0 Å². The molecule has 1 atom stereocenters. The second kappa shape index (κ2) is 7.20. The van der Waals surface area contributed by atoms with Crippen LogP contribution in [0.25, 0.3) is 0 Å². The molecular weight excluding hydrogens is 314 g/mol. The number of benzene rings is 1. The van der Waals surface area contributed by atoms with Crippen molar-refractivity contribution in [1.29, 1.82) is 0 Å². The van der Waals surface area contributed by atoms with E-state index < -0.39 is 11.0 Å². The summed E-state index contributed by atoms with van der Waals surface area (Å²) in [5.74, 6) is -0.289. The quantitative estimate of drug-likeness (QED) is 0.619. The smallest absolute Gasteiger partial charge is 0.270 e. The highest BCUT2D eigenvalue weighted by Crippen LogP contribution is 2.27. The van der Waals surface area contributed by atoms with E-state index in [1.807, 2.05) is 6.92 Å². The van der Waals surface area contributed by atoms with Crippen LogP contribution in [-0.2, 0) is 4.79 Å². The summed E-state index contributed by atoms with van der Waals surface area (Å²) in [6, 6.07) is 3.58. The highest BCUT2D eigenvalue weighted by Gasteiger charge is 2.15. The van der Waals surface area contributed by atoms with Gasteiger partial charge in [0.25, 0.3) is 5.69 Å². The van der Waals surface area contributed by atoms with Crippen molar-refractivity contribution in [2.45, 2.75) is 32.2 Å². The molecule has 1 rings (SSSR count). The summed E-state index contributed by atoms with van der Waals surface area (Å²) < 4.78 is 0.456. The van der Waals surface area contributed by atoms with Gasteiger partial charge in [-0.3, -0.25) is 14.9 Å². The van der Waals surface area contributed by atoms with E-state index in [4.69, 9.17) is 5.73 Å². The zero-order valence-electron chi connectivity index (χ0n) is 10.6. The number of nitrogens with two attached hydrogens (primary N) is 1. The van der Waals surface area contributed by atoms with Crippen LogP contribution in [0.1, 0.15) is 26.2 Å². The van der Waals surface area contributed by atoms with Gasteiger partial charge in [-0.05, 0) is 28.4 Å². The number of nitrogens with zero attached hydrogens (tertiary/aromatic N) is 1. The molecule has 0 saturated carbocycles. The summed E-state index contributed by atoms with van der Waals surface area (Å²) in [6.07, 6.45) is 2.48. The first kappa shape index (κ1) is 15.6. The van der Waals surface area contributed by atoms with Crippen LogP contribution in [0.15, 0.2) is 22.7 Å². The Morgan fingerprint density at radius 3 is 2.79 bits per heavy atom. The number of nitrogens with one attached hydrogen (secondary N) is 1. The van der Waals surface area contributed by atoms with Gasteiger partial charge in [-0.1, -0.05) is 19.8 Å². The third-order valence-corrected chi connectivity index (χ3v) is 3.28. The van der Waals surface area contributed by atoms with Gasteiger partial charge in [-0.15, -0.1) is 0 Å². The van der Waals surface area contributed by atoms with E-state index in [0.29, 0.717) is 16.6 Å². The average Bonchev–Trinajstić information content (AvgIpc) is 2.37. The summed E-state index contributed by atoms with van der Waals surface area (Å²) in [5.41, 5.74) is 6.18. The van der Waals surface area contributed by atoms with E-state index in [2.05, 4.69) is 21.2 Å². The van der Waals surface area contributed by atoms with Crippen LogP contribution < -0.4 is 11.1 Å². The Morgan fingerprint density at radius 1 is 1.58 bits per heavy atom. The second-order valence-corrected chi connectivity index (χ2v) is 5.01. The van der Waals surface area contributed by atoms with E-state index in [1.54, 1.807) is 0 Å². The molecule has 0 aliphatic rings. The lowest BCUT2D eigenvalue weighted by molar-refractivity contribution is -0.384. The fourth-order valence-corrected chi connectivity index (χ4v) is 1.97. The van der Waals surface area contributed by atoms with Gasteiger partial charge >= 0.3 is 0 Å². The zero-order chi connectivity index (χ0) is 14.4. The molecule has 0 aliphatic heterocycles. The summed E-state index contributed by atoms with van der Waals surface area (Å²) in [7, 11) is 0. The van der Waals surface area contributed by atoms with Gasteiger partial charge in [-0.25, -0.2) is 0 Å². The number of nitro groups is 1. The number of nitro benzene ring substituents is 1. The maximum absolute atomic E-state index is 11.8. The van der Waals surface area contributed by atoms with Crippen molar-refractivity contribution < 1.29 is 9.72 Å². The molecule has 0 heterocycles. The second-order valence-electron chi connectivity index (χ2n) is 4.16. The molecule has 0 spiro atoms. The minimum atomic E-state index is -0.568. The molecule has 7 heteroatoms. The molecule has 0 aliphatic carbocycles. The van der Waals surface area contributed by atoms with Gasteiger partial charge in [0.1, 0.15) is 0 Å². The number of hydrogen-bond donors (Lipinski definition) is 2. The molecule has 1 aromatic carbocycles. The Hall–Kier alpha value is -1.47. The molecule has 1 amide bonds.